The van der Waals surface area contributed by atoms with Gasteiger partial charge < -0.3 is 15.1 Å². The van der Waals surface area contributed by atoms with E-state index in [0.29, 0.717) is 30.6 Å². The number of piperazine rings is 1. The van der Waals surface area contributed by atoms with Gasteiger partial charge >= 0.3 is 0 Å². The number of carbonyl (C=O) groups excluding carboxylic acids is 1. The van der Waals surface area contributed by atoms with Crippen molar-refractivity contribution < 1.29 is 4.79 Å². The Balaban J connectivity index is 1.16. The van der Waals surface area contributed by atoms with Gasteiger partial charge in [-0.2, -0.15) is 5.26 Å². The minimum absolute atomic E-state index is 0.0214. The van der Waals surface area contributed by atoms with E-state index >= 15 is 0 Å². The van der Waals surface area contributed by atoms with Crippen molar-refractivity contribution >= 4 is 11.7 Å². The molecule has 2 aliphatic heterocycles. The van der Waals surface area contributed by atoms with Crippen LogP contribution >= 0.6 is 0 Å². The number of amides is 1. The first kappa shape index (κ1) is 19.0. The van der Waals surface area contributed by atoms with E-state index in [2.05, 4.69) is 32.3 Å². The van der Waals surface area contributed by atoms with Gasteiger partial charge in [0.05, 0.1) is 5.56 Å². The molecule has 0 spiro atoms. The van der Waals surface area contributed by atoms with Crippen LogP contribution in [0.25, 0.3) is 0 Å². The van der Waals surface area contributed by atoms with E-state index in [0.717, 1.165) is 44.6 Å². The fraction of sp³-hybridized carbons (Fsp3) is 0.478. The molecule has 2 unspecified atom stereocenters. The monoisotopic (exact) mass is 402 g/mol. The number of fused-ring (bicyclic) bond motifs is 2. The molecule has 3 aliphatic rings. The smallest absolute Gasteiger partial charge is 0.223 e. The molecule has 2 bridgehead atoms. The molecule has 2 atom stereocenters. The van der Waals surface area contributed by atoms with Crippen LogP contribution in [-0.2, 0) is 10.3 Å². The summed E-state index contributed by atoms with van der Waals surface area (Å²) in [7, 11) is 0. The predicted molar refractivity (Wildman–Crippen MR) is 113 cm³/mol. The molecule has 2 saturated heterocycles. The van der Waals surface area contributed by atoms with E-state index in [4.69, 9.17) is 5.26 Å². The fourth-order valence-electron chi connectivity index (χ4n) is 4.99. The van der Waals surface area contributed by atoms with Gasteiger partial charge in [-0.1, -0.05) is 6.07 Å². The van der Waals surface area contributed by atoms with E-state index in [-0.39, 0.29) is 11.4 Å². The average molecular weight is 403 g/mol. The standard InChI is InChI=1S/C23H26N6O/c24-12-17-3-6-21(26-13-17)29-19-4-5-20(29)16-28(15-19)22(30)7-11-27-23(8-9-23)18-2-1-10-25-14-18/h1-3,6,10,13-14,19-20,27H,4-5,7-9,11,15-16H2. The van der Waals surface area contributed by atoms with Crippen LogP contribution in [-0.4, -0.2) is 52.5 Å². The number of hydrogen-bond acceptors (Lipinski definition) is 6. The molecule has 5 rings (SSSR count). The zero-order chi connectivity index (χ0) is 20.6. The van der Waals surface area contributed by atoms with Gasteiger partial charge in [-0.25, -0.2) is 4.98 Å². The van der Waals surface area contributed by atoms with E-state index < -0.39 is 0 Å². The molecule has 4 heterocycles. The van der Waals surface area contributed by atoms with Gasteiger partial charge in [0.1, 0.15) is 11.9 Å². The molecule has 7 nitrogen and oxygen atoms in total. The minimum Gasteiger partial charge on any atom is -0.347 e. The number of pyridine rings is 2. The Morgan fingerprint density at radius 2 is 2.00 bits per heavy atom. The molecule has 1 aliphatic carbocycles. The first-order valence-corrected chi connectivity index (χ1v) is 10.8. The molecular weight excluding hydrogens is 376 g/mol. The van der Waals surface area contributed by atoms with E-state index in [1.807, 2.05) is 29.3 Å². The maximum atomic E-state index is 12.9. The highest BCUT2D eigenvalue weighted by molar-refractivity contribution is 5.77. The quantitative estimate of drug-likeness (QED) is 0.797. The van der Waals surface area contributed by atoms with Crippen molar-refractivity contribution in [3.05, 3.63) is 54.0 Å². The van der Waals surface area contributed by atoms with Gasteiger partial charge in [-0.05, 0) is 49.4 Å². The molecule has 3 fully saturated rings. The lowest BCUT2D eigenvalue weighted by Crippen LogP contribution is -2.56. The summed E-state index contributed by atoms with van der Waals surface area (Å²) in [6, 6.07) is 10.6. The van der Waals surface area contributed by atoms with Crippen molar-refractivity contribution in [2.75, 3.05) is 24.5 Å². The lowest BCUT2D eigenvalue weighted by molar-refractivity contribution is -0.132. The highest BCUT2D eigenvalue weighted by atomic mass is 16.2. The van der Waals surface area contributed by atoms with Crippen LogP contribution in [0.2, 0.25) is 0 Å². The Morgan fingerprint density at radius 1 is 1.20 bits per heavy atom. The first-order chi connectivity index (χ1) is 14.7. The number of nitrogens with one attached hydrogen (secondary N) is 1. The fourth-order valence-corrected chi connectivity index (χ4v) is 4.99. The number of nitriles is 1. The van der Waals surface area contributed by atoms with Gasteiger partial charge in [0, 0.05) is 62.3 Å². The van der Waals surface area contributed by atoms with Crippen LogP contribution in [0.1, 0.15) is 43.2 Å². The molecule has 2 aromatic rings. The number of nitrogens with zero attached hydrogens (tertiary/aromatic N) is 5. The lowest BCUT2D eigenvalue weighted by atomic mass is 10.1. The molecule has 0 aromatic carbocycles. The second-order valence-corrected chi connectivity index (χ2v) is 8.61. The van der Waals surface area contributed by atoms with Crippen LogP contribution in [0.4, 0.5) is 5.82 Å². The predicted octanol–water partition coefficient (Wildman–Crippen LogP) is 2.20. The third-order valence-electron chi connectivity index (χ3n) is 6.74. The van der Waals surface area contributed by atoms with Gasteiger partial charge in [-0.15, -0.1) is 0 Å². The van der Waals surface area contributed by atoms with Crippen LogP contribution in [0.5, 0.6) is 0 Å². The maximum Gasteiger partial charge on any atom is 0.223 e. The largest absolute Gasteiger partial charge is 0.347 e. The van der Waals surface area contributed by atoms with Crippen molar-refractivity contribution in [3.63, 3.8) is 0 Å². The van der Waals surface area contributed by atoms with Gasteiger partial charge in [0.25, 0.3) is 0 Å². The van der Waals surface area contributed by atoms with Crippen molar-refractivity contribution in [1.82, 2.24) is 20.2 Å². The molecule has 154 valence electrons. The van der Waals surface area contributed by atoms with E-state index in [1.54, 1.807) is 12.4 Å². The summed E-state index contributed by atoms with van der Waals surface area (Å²) in [5.41, 5.74) is 1.82. The van der Waals surface area contributed by atoms with E-state index in [9.17, 15) is 4.79 Å². The topological polar surface area (TPSA) is 85.2 Å². The van der Waals surface area contributed by atoms with Crippen molar-refractivity contribution in [2.24, 2.45) is 0 Å². The number of carbonyl (C=O) groups is 1. The summed E-state index contributed by atoms with van der Waals surface area (Å²) < 4.78 is 0. The molecule has 30 heavy (non-hydrogen) atoms. The molecule has 1 amide bonds. The maximum absolute atomic E-state index is 12.9. The second kappa shape index (κ2) is 7.69. The number of anilines is 1. The summed E-state index contributed by atoms with van der Waals surface area (Å²) in [4.78, 5) is 26.0. The van der Waals surface area contributed by atoms with Crippen molar-refractivity contribution in [3.8, 4) is 6.07 Å². The SMILES string of the molecule is N#Cc1ccc(N2C3CCC2CN(C(=O)CCNC2(c4cccnc4)CC2)C3)nc1. The van der Waals surface area contributed by atoms with Crippen molar-refractivity contribution in [1.29, 1.82) is 5.26 Å². The van der Waals surface area contributed by atoms with Crippen LogP contribution in [0.15, 0.2) is 42.9 Å². The number of rotatable bonds is 6. The number of likely N-dealkylation sites (tertiary alicyclic amines) is 1. The molecular formula is C23H26N6O. The van der Waals surface area contributed by atoms with Gasteiger partial charge in [-0.3, -0.25) is 9.78 Å². The molecule has 1 saturated carbocycles. The van der Waals surface area contributed by atoms with Crippen molar-refractivity contribution in [2.45, 2.75) is 49.7 Å². The summed E-state index contributed by atoms with van der Waals surface area (Å²) in [6.07, 6.45) is 10.3. The van der Waals surface area contributed by atoms with E-state index in [1.165, 1.54) is 5.56 Å². The lowest BCUT2D eigenvalue weighted by Gasteiger charge is -2.42. The summed E-state index contributed by atoms with van der Waals surface area (Å²) in [6.45, 7) is 2.20. The van der Waals surface area contributed by atoms with Crippen LogP contribution in [0, 0.1) is 11.3 Å². The minimum atomic E-state index is 0.0214. The summed E-state index contributed by atoms with van der Waals surface area (Å²) >= 11 is 0. The Hall–Kier alpha value is -2.98. The Bertz CT molecular complexity index is 936. The summed E-state index contributed by atoms with van der Waals surface area (Å²) in [5, 5.41) is 12.6. The Labute approximate surface area is 176 Å². The first-order valence-electron chi connectivity index (χ1n) is 10.8. The van der Waals surface area contributed by atoms with Gasteiger partial charge in [0.15, 0.2) is 0 Å². The molecule has 0 radical (unpaired) electrons. The van der Waals surface area contributed by atoms with Crippen LogP contribution in [0.3, 0.4) is 0 Å². The molecule has 7 heteroatoms. The van der Waals surface area contributed by atoms with Gasteiger partial charge in [0.2, 0.25) is 5.91 Å². The Kier molecular flexibility index (Phi) is 4.87. The normalized spacial score (nSPS) is 23.8. The zero-order valence-electron chi connectivity index (χ0n) is 17.0. The molecule has 1 N–H and O–H groups in total. The molecule has 2 aromatic heterocycles. The number of aromatic nitrogens is 2. The average Bonchev–Trinajstić information content (AvgIpc) is 3.54. The van der Waals surface area contributed by atoms with Crippen LogP contribution < -0.4 is 10.2 Å². The highest BCUT2D eigenvalue weighted by Gasteiger charge is 2.44. The third-order valence-corrected chi connectivity index (χ3v) is 6.74. The zero-order valence-corrected chi connectivity index (χ0v) is 17.0. The highest BCUT2D eigenvalue weighted by Crippen LogP contribution is 2.45. The number of hydrogen-bond donors (Lipinski definition) is 1. The second-order valence-electron chi connectivity index (χ2n) is 8.61. The third kappa shape index (κ3) is 3.52. The summed E-state index contributed by atoms with van der Waals surface area (Å²) in [5.74, 6) is 1.15. The Morgan fingerprint density at radius 3 is 2.60 bits per heavy atom.